The third kappa shape index (κ3) is 4.70. The number of H-pyrrole nitrogens is 1. The molecule has 0 spiro atoms. The fraction of sp³-hybridized carbons (Fsp3) is 0.364. The molecule has 31 heavy (non-hydrogen) atoms. The fourth-order valence-corrected chi connectivity index (χ4v) is 4.32. The number of carbonyl (C=O) groups is 1. The topological polar surface area (TPSA) is 96.8 Å². The number of nitrogens with zero attached hydrogens (tertiary/aromatic N) is 2. The average molecular weight is 446 g/mol. The first-order chi connectivity index (χ1) is 14.9. The molecule has 0 bridgehead atoms. The molecule has 1 fully saturated rings. The fourth-order valence-electron chi connectivity index (χ4n) is 4.14. The first kappa shape index (κ1) is 21.3. The Morgan fingerprint density at radius 2 is 2.00 bits per heavy atom. The van der Waals surface area contributed by atoms with Crippen LogP contribution in [0, 0.1) is 0 Å². The monoisotopic (exact) mass is 445 g/mol. The van der Waals surface area contributed by atoms with Gasteiger partial charge in [0, 0.05) is 31.7 Å². The highest BCUT2D eigenvalue weighted by Gasteiger charge is 2.24. The molecule has 0 atom stereocenters. The minimum absolute atomic E-state index is 0.0768. The zero-order valence-corrected chi connectivity index (χ0v) is 17.9. The Labute approximate surface area is 183 Å². The highest BCUT2D eigenvalue weighted by atomic mass is 35.5. The molecule has 2 N–H and O–H groups in total. The summed E-state index contributed by atoms with van der Waals surface area (Å²) in [7, 11) is 0. The van der Waals surface area contributed by atoms with E-state index in [1.54, 1.807) is 16.7 Å². The molecule has 0 aliphatic carbocycles. The number of ether oxygens (including phenoxy) is 2. The smallest absolute Gasteiger partial charge is 0.492 e. The standard InChI is InChI=1S/C22H24ClN3O5/c1-2-30-20-11-14(3-5-17(20)23)13-25-9-7-15(8-10-25)26-19-6-4-16(31-22(28)29)12-18(19)24-21(26)27/h3-6,11-12,15H,2,7-10,13H2,1H3,(H,24,27)(H,28,29). The van der Waals surface area contributed by atoms with Crippen molar-refractivity contribution in [2.75, 3.05) is 19.7 Å². The first-order valence-electron chi connectivity index (χ1n) is 10.2. The molecule has 2 heterocycles. The van der Waals surface area contributed by atoms with Gasteiger partial charge in [0.25, 0.3) is 0 Å². The molecule has 3 aromatic rings. The van der Waals surface area contributed by atoms with Gasteiger partial charge < -0.3 is 19.6 Å². The number of aromatic amines is 1. The van der Waals surface area contributed by atoms with Gasteiger partial charge in [-0.2, -0.15) is 0 Å². The van der Waals surface area contributed by atoms with Crippen molar-refractivity contribution >= 4 is 28.8 Å². The van der Waals surface area contributed by atoms with Gasteiger partial charge in [-0.1, -0.05) is 17.7 Å². The summed E-state index contributed by atoms with van der Waals surface area (Å²) in [5.74, 6) is 0.880. The number of fused-ring (bicyclic) bond motifs is 1. The summed E-state index contributed by atoms with van der Waals surface area (Å²) >= 11 is 6.18. The van der Waals surface area contributed by atoms with Crippen LogP contribution in [0.2, 0.25) is 5.02 Å². The molecule has 8 nitrogen and oxygen atoms in total. The average Bonchev–Trinajstić information content (AvgIpc) is 3.06. The molecule has 1 saturated heterocycles. The van der Waals surface area contributed by atoms with Crippen molar-refractivity contribution in [3.05, 3.63) is 57.5 Å². The predicted octanol–water partition coefficient (Wildman–Crippen LogP) is 4.28. The van der Waals surface area contributed by atoms with Crippen LogP contribution in [0.4, 0.5) is 4.79 Å². The van der Waals surface area contributed by atoms with Gasteiger partial charge in [-0.05, 0) is 49.6 Å². The molecule has 9 heteroatoms. The second-order valence-corrected chi connectivity index (χ2v) is 7.96. The quantitative estimate of drug-likeness (QED) is 0.434. The van der Waals surface area contributed by atoms with E-state index in [9.17, 15) is 9.59 Å². The second-order valence-electron chi connectivity index (χ2n) is 7.55. The zero-order chi connectivity index (χ0) is 22.0. The lowest BCUT2D eigenvalue weighted by Gasteiger charge is -2.32. The maximum Gasteiger partial charge on any atom is 0.511 e. The predicted molar refractivity (Wildman–Crippen MR) is 117 cm³/mol. The Balaban J connectivity index is 1.45. The van der Waals surface area contributed by atoms with Crippen molar-refractivity contribution in [1.82, 2.24) is 14.5 Å². The Morgan fingerprint density at radius 3 is 2.71 bits per heavy atom. The molecule has 0 amide bonds. The Morgan fingerprint density at radius 1 is 1.23 bits per heavy atom. The third-order valence-electron chi connectivity index (χ3n) is 5.52. The van der Waals surface area contributed by atoms with Crippen LogP contribution in [0.15, 0.2) is 41.2 Å². The number of nitrogens with one attached hydrogen (secondary N) is 1. The highest BCUT2D eigenvalue weighted by molar-refractivity contribution is 6.32. The van der Waals surface area contributed by atoms with Crippen LogP contribution in [0.5, 0.6) is 11.5 Å². The lowest BCUT2D eigenvalue weighted by atomic mass is 10.0. The van der Waals surface area contributed by atoms with Crippen molar-refractivity contribution in [1.29, 1.82) is 0 Å². The van der Waals surface area contributed by atoms with Gasteiger partial charge in [-0.3, -0.25) is 9.47 Å². The highest BCUT2D eigenvalue weighted by Crippen LogP contribution is 2.29. The van der Waals surface area contributed by atoms with E-state index in [0.29, 0.717) is 22.9 Å². The Bertz CT molecular complexity index is 1150. The van der Waals surface area contributed by atoms with Crippen molar-refractivity contribution in [2.24, 2.45) is 0 Å². The third-order valence-corrected chi connectivity index (χ3v) is 5.83. The normalized spacial score (nSPS) is 15.3. The van der Waals surface area contributed by atoms with E-state index >= 15 is 0 Å². The van der Waals surface area contributed by atoms with E-state index in [0.717, 1.165) is 43.6 Å². The molecule has 0 unspecified atom stereocenters. The Kier molecular flexibility index (Phi) is 6.20. The van der Waals surface area contributed by atoms with E-state index in [-0.39, 0.29) is 17.5 Å². The molecule has 4 rings (SSSR count). The van der Waals surface area contributed by atoms with Gasteiger partial charge in [0.05, 0.1) is 22.7 Å². The number of carboxylic acid groups (broad SMARTS) is 1. The maximum absolute atomic E-state index is 12.6. The minimum Gasteiger partial charge on any atom is -0.492 e. The van der Waals surface area contributed by atoms with Crippen LogP contribution < -0.4 is 15.2 Å². The molecule has 164 valence electrons. The number of halogens is 1. The second kappa shape index (κ2) is 9.03. The molecular formula is C22H24ClN3O5. The summed E-state index contributed by atoms with van der Waals surface area (Å²) in [6.07, 6.45) is 0.292. The number of likely N-dealkylation sites (tertiary alicyclic amines) is 1. The van der Waals surface area contributed by atoms with E-state index in [4.69, 9.17) is 21.4 Å². The summed E-state index contributed by atoms with van der Waals surface area (Å²) in [5.41, 5.74) is 2.26. The van der Waals surface area contributed by atoms with Gasteiger partial charge >= 0.3 is 11.8 Å². The van der Waals surface area contributed by atoms with Crippen LogP contribution in [-0.2, 0) is 6.54 Å². The van der Waals surface area contributed by atoms with Crippen LogP contribution in [0.1, 0.15) is 31.4 Å². The first-order valence-corrected chi connectivity index (χ1v) is 10.6. The molecular weight excluding hydrogens is 422 g/mol. The van der Waals surface area contributed by atoms with Crippen molar-refractivity contribution in [3.63, 3.8) is 0 Å². The lowest BCUT2D eigenvalue weighted by Crippen LogP contribution is -2.36. The summed E-state index contributed by atoms with van der Waals surface area (Å²) < 4.78 is 12.0. The van der Waals surface area contributed by atoms with Crippen LogP contribution in [-0.4, -0.2) is 45.4 Å². The van der Waals surface area contributed by atoms with E-state index in [1.165, 1.54) is 6.07 Å². The summed E-state index contributed by atoms with van der Waals surface area (Å²) in [6, 6.07) is 10.8. The lowest BCUT2D eigenvalue weighted by molar-refractivity contribution is 0.144. The van der Waals surface area contributed by atoms with Crippen molar-refractivity contribution < 1.29 is 19.4 Å². The largest absolute Gasteiger partial charge is 0.511 e. The molecule has 0 saturated carbocycles. The van der Waals surface area contributed by atoms with Gasteiger partial charge in [0.1, 0.15) is 11.5 Å². The van der Waals surface area contributed by atoms with E-state index in [1.807, 2.05) is 25.1 Å². The van der Waals surface area contributed by atoms with E-state index in [2.05, 4.69) is 14.6 Å². The van der Waals surface area contributed by atoms with Crippen LogP contribution >= 0.6 is 11.6 Å². The van der Waals surface area contributed by atoms with E-state index < -0.39 is 6.16 Å². The zero-order valence-electron chi connectivity index (χ0n) is 17.1. The number of benzene rings is 2. The summed E-state index contributed by atoms with van der Waals surface area (Å²) in [5, 5.41) is 9.38. The molecule has 0 radical (unpaired) electrons. The minimum atomic E-state index is -1.39. The maximum atomic E-state index is 12.6. The van der Waals surface area contributed by atoms with Gasteiger partial charge in [0.15, 0.2) is 0 Å². The SMILES string of the molecule is CCOc1cc(CN2CCC(n3c(=O)[nH]c4cc(OC(=O)O)ccc43)CC2)ccc1Cl. The number of aromatic nitrogens is 2. The molecule has 2 aromatic carbocycles. The van der Waals surface area contributed by atoms with Crippen LogP contribution in [0.3, 0.4) is 0 Å². The van der Waals surface area contributed by atoms with Gasteiger partial charge in [-0.25, -0.2) is 9.59 Å². The number of hydrogen-bond acceptors (Lipinski definition) is 5. The summed E-state index contributed by atoms with van der Waals surface area (Å²) in [4.78, 5) is 28.5. The van der Waals surface area contributed by atoms with Gasteiger partial charge in [-0.15, -0.1) is 0 Å². The summed E-state index contributed by atoms with van der Waals surface area (Å²) in [6.45, 7) is 5.01. The number of rotatable bonds is 6. The van der Waals surface area contributed by atoms with Gasteiger partial charge in [0.2, 0.25) is 0 Å². The molecule has 1 aromatic heterocycles. The van der Waals surface area contributed by atoms with Crippen LogP contribution in [0.25, 0.3) is 11.0 Å². The molecule has 1 aliphatic rings. The van der Waals surface area contributed by atoms with Crippen molar-refractivity contribution in [3.8, 4) is 11.5 Å². The Hall–Kier alpha value is -2.97. The number of hydrogen-bond donors (Lipinski definition) is 2. The number of piperidine rings is 1. The number of imidazole rings is 1. The molecule has 1 aliphatic heterocycles. The van der Waals surface area contributed by atoms with Crippen molar-refractivity contribution in [2.45, 2.75) is 32.4 Å².